The number of benzene rings is 2. The number of halogens is 1. The number of phenols is 1. The van der Waals surface area contributed by atoms with Gasteiger partial charge in [-0.25, -0.2) is 4.98 Å². The third-order valence-corrected chi connectivity index (χ3v) is 3.65. The first-order valence-corrected chi connectivity index (χ1v) is 7.22. The maximum atomic E-state index is 9.89. The molecule has 0 saturated heterocycles. The average molecular weight is 328 g/mol. The molecule has 23 heavy (non-hydrogen) atoms. The van der Waals surface area contributed by atoms with Gasteiger partial charge >= 0.3 is 0 Å². The number of hydrogen-bond acceptors (Lipinski definition) is 5. The number of hydrogen-bond donors (Lipinski definition) is 2. The van der Waals surface area contributed by atoms with Gasteiger partial charge in [0.2, 0.25) is 0 Å². The van der Waals surface area contributed by atoms with E-state index in [0.29, 0.717) is 22.8 Å². The molecule has 0 radical (unpaired) electrons. The smallest absolute Gasteiger partial charge is 0.176 e. The number of methoxy groups -OCH3 is 1. The van der Waals surface area contributed by atoms with Crippen LogP contribution in [0.3, 0.4) is 0 Å². The van der Waals surface area contributed by atoms with Crippen molar-refractivity contribution in [2.75, 3.05) is 12.8 Å². The second kappa shape index (κ2) is 6.14. The minimum atomic E-state index is -0.109. The zero-order valence-electron chi connectivity index (χ0n) is 12.3. The number of phenolic OH excluding ortho intramolecular Hbond substituents is 1. The molecule has 0 fully saturated rings. The quantitative estimate of drug-likeness (QED) is 0.765. The first kappa shape index (κ1) is 15.1. The van der Waals surface area contributed by atoms with E-state index in [1.165, 1.54) is 13.3 Å². The molecule has 0 aliphatic rings. The van der Waals surface area contributed by atoms with Crippen molar-refractivity contribution in [3.63, 3.8) is 0 Å². The van der Waals surface area contributed by atoms with Crippen molar-refractivity contribution in [1.29, 1.82) is 0 Å². The molecule has 0 aliphatic carbocycles. The molecule has 0 unspecified atom stereocenters. The zero-order chi connectivity index (χ0) is 16.4. The van der Waals surface area contributed by atoms with Crippen molar-refractivity contribution in [2.45, 2.75) is 0 Å². The van der Waals surface area contributed by atoms with E-state index < -0.39 is 0 Å². The Morgan fingerprint density at radius 2 is 1.83 bits per heavy atom. The first-order chi connectivity index (χ1) is 11.1. The molecule has 0 amide bonds. The lowest BCUT2D eigenvalue weighted by atomic mass is 10.0. The van der Waals surface area contributed by atoms with Gasteiger partial charge in [-0.05, 0) is 12.1 Å². The predicted octanol–water partition coefficient (Wildman–Crippen LogP) is 3.76. The van der Waals surface area contributed by atoms with Crippen LogP contribution in [0, 0.1) is 0 Å². The Kier molecular flexibility index (Phi) is 4.04. The van der Waals surface area contributed by atoms with Gasteiger partial charge in [-0.3, -0.25) is 4.98 Å². The lowest BCUT2D eigenvalue weighted by molar-refractivity contribution is 0.374. The molecular weight excluding hydrogens is 314 g/mol. The summed E-state index contributed by atoms with van der Waals surface area (Å²) in [5.41, 5.74) is 8.58. The van der Waals surface area contributed by atoms with Crippen molar-refractivity contribution >= 4 is 17.4 Å². The summed E-state index contributed by atoms with van der Waals surface area (Å²) in [6.45, 7) is 0. The number of nitrogens with zero attached hydrogens (tertiary/aromatic N) is 2. The summed E-state index contributed by atoms with van der Waals surface area (Å²) in [4.78, 5) is 8.78. The number of nitrogens with two attached hydrogens (primary N) is 1. The van der Waals surface area contributed by atoms with Crippen LogP contribution in [-0.4, -0.2) is 22.2 Å². The molecule has 3 aromatic rings. The molecule has 2 aromatic carbocycles. The Hall–Kier alpha value is -2.79. The summed E-state index contributed by atoms with van der Waals surface area (Å²) >= 11 is 6.07. The molecule has 0 atom stereocenters. The van der Waals surface area contributed by atoms with Crippen molar-refractivity contribution in [3.8, 4) is 34.0 Å². The summed E-state index contributed by atoms with van der Waals surface area (Å²) < 4.78 is 5.15. The van der Waals surface area contributed by atoms with Crippen molar-refractivity contribution in [3.05, 3.63) is 53.7 Å². The number of ether oxygens (including phenoxy) is 1. The van der Waals surface area contributed by atoms with Gasteiger partial charge in [-0.15, -0.1) is 0 Å². The average Bonchev–Trinajstić information content (AvgIpc) is 2.58. The van der Waals surface area contributed by atoms with Gasteiger partial charge in [0.05, 0.1) is 29.7 Å². The fraction of sp³-hybridized carbons (Fsp3) is 0.0588. The maximum Gasteiger partial charge on any atom is 0.176 e. The largest absolute Gasteiger partial charge is 0.503 e. The molecule has 0 bridgehead atoms. The SMILES string of the molecule is COc1cc(-c2ncc(N)nc2-c2ccccc2)cc(Cl)c1O. The fourth-order valence-electron chi connectivity index (χ4n) is 2.28. The Labute approximate surface area is 138 Å². The standard InChI is InChI=1S/C17H14ClN3O2/c1-23-13-8-11(7-12(18)17(13)22)15-16(21-14(19)9-20-15)10-5-3-2-4-6-10/h2-9,22H,1H3,(H2,19,21). The number of aromatic nitrogens is 2. The van der Waals surface area contributed by atoms with E-state index in [0.717, 1.165) is 5.56 Å². The highest BCUT2D eigenvalue weighted by Crippen LogP contribution is 2.39. The van der Waals surface area contributed by atoms with Crippen LogP contribution in [0.1, 0.15) is 0 Å². The lowest BCUT2D eigenvalue weighted by Gasteiger charge is -2.12. The monoisotopic (exact) mass is 327 g/mol. The van der Waals surface area contributed by atoms with E-state index >= 15 is 0 Å². The lowest BCUT2D eigenvalue weighted by Crippen LogP contribution is -1.98. The molecule has 0 saturated carbocycles. The molecule has 0 aliphatic heterocycles. The van der Waals surface area contributed by atoms with Crippen LogP contribution >= 0.6 is 11.6 Å². The van der Waals surface area contributed by atoms with Gasteiger partial charge in [-0.1, -0.05) is 41.9 Å². The third kappa shape index (κ3) is 2.91. The van der Waals surface area contributed by atoms with Crippen LogP contribution in [0.15, 0.2) is 48.7 Å². The van der Waals surface area contributed by atoms with Crippen molar-refractivity contribution in [2.24, 2.45) is 0 Å². The summed E-state index contributed by atoms with van der Waals surface area (Å²) in [5, 5.41) is 10.1. The van der Waals surface area contributed by atoms with Crippen LogP contribution in [0.2, 0.25) is 5.02 Å². The molecule has 3 rings (SSSR count). The van der Waals surface area contributed by atoms with Crippen LogP contribution < -0.4 is 10.5 Å². The van der Waals surface area contributed by atoms with E-state index in [-0.39, 0.29) is 16.5 Å². The van der Waals surface area contributed by atoms with Gasteiger partial charge in [0.15, 0.2) is 11.5 Å². The molecule has 5 nitrogen and oxygen atoms in total. The number of rotatable bonds is 3. The second-order valence-electron chi connectivity index (χ2n) is 4.87. The summed E-state index contributed by atoms with van der Waals surface area (Å²) in [5.74, 6) is 0.483. The summed E-state index contributed by atoms with van der Waals surface area (Å²) in [6.07, 6.45) is 1.48. The minimum Gasteiger partial charge on any atom is -0.503 e. The van der Waals surface area contributed by atoms with Crippen LogP contribution in [0.25, 0.3) is 22.5 Å². The van der Waals surface area contributed by atoms with Crippen molar-refractivity contribution < 1.29 is 9.84 Å². The van der Waals surface area contributed by atoms with Crippen LogP contribution in [0.4, 0.5) is 5.82 Å². The molecular formula is C17H14ClN3O2. The topological polar surface area (TPSA) is 81.3 Å². The van der Waals surface area contributed by atoms with E-state index in [1.807, 2.05) is 30.3 Å². The molecule has 1 heterocycles. The third-order valence-electron chi connectivity index (χ3n) is 3.36. The number of aromatic hydroxyl groups is 1. The molecule has 3 N–H and O–H groups in total. The normalized spacial score (nSPS) is 10.5. The van der Waals surface area contributed by atoms with Crippen molar-refractivity contribution in [1.82, 2.24) is 9.97 Å². The van der Waals surface area contributed by atoms with Gasteiger partial charge in [0.1, 0.15) is 5.82 Å². The summed E-state index contributed by atoms with van der Waals surface area (Å²) in [6, 6.07) is 12.9. The fourth-order valence-corrected chi connectivity index (χ4v) is 2.49. The Morgan fingerprint density at radius 1 is 1.09 bits per heavy atom. The van der Waals surface area contributed by atoms with Gasteiger partial charge in [-0.2, -0.15) is 0 Å². The Bertz CT molecular complexity index is 854. The van der Waals surface area contributed by atoms with E-state index in [2.05, 4.69) is 9.97 Å². The number of anilines is 1. The van der Waals surface area contributed by atoms with Gasteiger partial charge < -0.3 is 15.6 Å². The van der Waals surface area contributed by atoms with Gasteiger partial charge in [0, 0.05) is 11.1 Å². The second-order valence-corrected chi connectivity index (χ2v) is 5.27. The zero-order valence-corrected chi connectivity index (χ0v) is 13.1. The Morgan fingerprint density at radius 3 is 2.52 bits per heavy atom. The van der Waals surface area contributed by atoms with E-state index in [1.54, 1.807) is 12.1 Å². The van der Waals surface area contributed by atoms with E-state index in [9.17, 15) is 5.11 Å². The van der Waals surface area contributed by atoms with E-state index in [4.69, 9.17) is 22.1 Å². The molecule has 1 aromatic heterocycles. The highest BCUT2D eigenvalue weighted by Gasteiger charge is 2.16. The molecule has 6 heteroatoms. The van der Waals surface area contributed by atoms with Crippen LogP contribution in [-0.2, 0) is 0 Å². The highest BCUT2D eigenvalue weighted by atomic mass is 35.5. The molecule has 0 spiro atoms. The molecule has 116 valence electrons. The predicted molar refractivity (Wildman–Crippen MR) is 90.5 cm³/mol. The highest BCUT2D eigenvalue weighted by molar-refractivity contribution is 6.32. The Balaban J connectivity index is 2.23. The minimum absolute atomic E-state index is 0.109. The maximum absolute atomic E-state index is 9.89. The van der Waals surface area contributed by atoms with Gasteiger partial charge in [0.25, 0.3) is 0 Å². The van der Waals surface area contributed by atoms with Crippen LogP contribution in [0.5, 0.6) is 11.5 Å². The summed E-state index contributed by atoms with van der Waals surface area (Å²) in [7, 11) is 1.46. The first-order valence-electron chi connectivity index (χ1n) is 6.85. The number of nitrogen functional groups attached to an aromatic ring is 1.